The van der Waals surface area contributed by atoms with Gasteiger partial charge in [-0.2, -0.15) is 0 Å². The van der Waals surface area contributed by atoms with Crippen molar-refractivity contribution in [2.75, 3.05) is 0 Å². The van der Waals surface area contributed by atoms with Crippen molar-refractivity contribution in [3.8, 4) is 34.5 Å². The quantitative estimate of drug-likeness (QED) is 0.194. The Bertz CT molecular complexity index is 1150. The van der Waals surface area contributed by atoms with E-state index in [1.54, 1.807) is 0 Å². The van der Waals surface area contributed by atoms with Crippen molar-refractivity contribution in [2.45, 2.75) is 0 Å². The maximum absolute atomic E-state index is 6.15. The summed E-state index contributed by atoms with van der Waals surface area (Å²) < 4.78 is 23.8. The molecule has 4 aromatic carbocycles. The van der Waals surface area contributed by atoms with Gasteiger partial charge in [-0.05, 0) is 102 Å². The van der Waals surface area contributed by atoms with Crippen LogP contribution in [0, 0.1) is 0 Å². The van der Waals surface area contributed by atoms with Crippen LogP contribution in [0.15, 0.2) is 99.6 Å². The molecule has 4 aromatic rings. The van der Waals surface area contributed by atoms with Crippen LogP contribution in [0.3, 0.4) is 0 Å². The van der Waals surface area contributed by atoms with Gasteiger partial charge in [0.05, 0.1) is 13.4 Å². The first-order valence-corrected chi connectivity index (χ1v) is 14.1. The molecule has 0 unspecified atom stereocenters. The third-order valence-electron chi connectivity index (χ3n) is 4.22. The zero-order valence-electron chi connectivity index (χ0n) is 16.4. The Hall–Kier alpha value is -0.840. The summed E-state index contributed by atoms with van der Waals surface area (Å²) in [5.41, 5.74) is 0. The van der Waals surface area contributed by atoms with Crippen molar-refractivity contribution in [1.82, 2.24) is 0 Å². The van der Waals surface area contributed by atoms with Crippen molar-refractivity contribution < 1.29 is 14.2 Å². The lowest BCUT2D eigenvalue weighted by Gasteiger charge is -2.15. The molecule has 9 heteroatoms. The molecule has 168 valence electrons. The van der Waals surface area contributed by atoms with E-state index in [1.165, 1.54) is 0 Å². The second-order valence-electron chi connectivity index (χ2n) is 6.67. The molecule has 0 aliphatic heterocycles. The lowest BCUT2D eigenvalue weighted by molar-refractivity contribution is 0.437. The number of hydrogen-bond acceptors (Lipinski definition) is 3. The Kier molecular flexibility index (Phi) is 8.62. The lowest BCUT2D eigenvalue weighted by atomic mass is 10.2. The van der Waals surface area contributed by atoms with E-state index in [1.807, 2.05) is 72.8 Å². The number of benzene rings is 4. The van der Waals surface area contributed by atoms with Crippen LogP contribution < -0.4 is 14.2 Å². The molecular weight excluding hydrogens is 816 g/mol. The topological polar surface area (TPSA) is 27.7 Å². The molecule has 0 heterocycles. The first kappa shape index (κ1) is 25.3. The minimum Gasteiger partial charge on any atom is -0.456 e. The molecule has 0 aromatic heterocycles. The van der Waals surface area contributed by atoms with Crippen LogP contribution in [0.2, 0.25) is 0 Å². The van der Waals surface area contributed by atoms with Gasteiger partial charge in [0.25, 0.3) is 0 Å². The van der Waals surface area contributed by atoms with Gasteiger partial charge in [0.2, 0.25) is 0 Å². The average molecular weight is 828 g/mol. The zero-order chi connectivity index (χ0) is 23.5. The molecule has 0 N–H and O–H groups in total. The van der Waals surface area contributed by atoms with Gasteiger partial charge in [0.1, 0.15) is 34.5 Å². The molecule has 0 saturated heterocycles. The maximum atomic E-state index is 6.15. The molecule has 0 saturated carbocycles. The Labute approximate surface area is 241 Å². The Balaban J connectivity index is 1.71. The second-order valence-corrected chi connectivity index (χ2v) is 12.0. The first-order valence-electron chi connectivity index (χ1n) is 9.30. The van der Waals surface area contributed by atoms with Crippen molar-refractivity contribution in [2.24, 2.45) is 0 Å². The Morgan fingerprint density at radius 1 is 0.364 bits per heavy atom. The van der Waals surface area contributed by atoms with Crippen LogP contribution in [0.1, 0.15) is 0 Å². The molecule has 0 aliphatic carbocycles. The van der Waals surface area contributed by atoms with E-state index in [2.05, 4.69) is 95.6 Å². The van der Waals surface area contributed by atoms with Gasteiger partial charge < -0.3 is 14.2 Å². The van der Waals surface area contributed by atoms with Gasteiger partial charge in [-0.1, -0.05) is 47.8 Å². The predicted molar refractivity (Wildman–Crippen MR) is 152 cm³/mol. The molecule has 4 rings (SSSR count). The minimum atomic E-state index is 0.562. The van der Waals surface area contributed by atoms with E-state index in [0.29, 0.717) is 34.5 Å². The smallest absolute Gasteiger partial charge is 0.141 e. The normalized spacial score (nSPS) is 10.7. The molecule has 0 radical (unpaired) electrons. The van der Waals surface area contributed by atoms with Crippen molar-refractivity contribution in [3.63, 3.8) is 0 Å². The van der Waals surface area contributed by atoms with E-state index in [0.717, 1.165) is 26.8 Å². The summed E-state index contributed by atoms with van der Waals surface area (Å²) >= 11 is 21.0. The molecular formula is C24H12Br6O3. The highest BCUT2D eigenvalue weighted by molar-refractivity contribution is 9.11. The molecule has 0 spiro atoms. The number of halogens is 6. The minimum absolute atomic E-state index is 0.562. The molecule has 33 heavy (non-hydrogen) atoms. The maximum Gasteiger partial charge on any atom is 0.141 e. The summed E-state index contributed by atoms with van der Waals surface area (Å²) in [6, 6.07) is 22.6. The largest absolute Gasteiger partial charge is 0.456 e. The third kappa shape index (κ3) is 6.86. The van der Waals surface area contributed by atoms with E-state index < -0.39 is 0 Å². The Morgan fingerprint density at radius 3 is 0.879 bits per heavy atom. The zero-order valence-corrected chi connectivity index (χ0v) is 25.9. The molecule has 0 bridgehead atoms. The summed E-state index contributed by atoms with van der Waals surface area (Å²) in [6.45, 7) is 0. The number of hydrogen-bond donors (Lipinski definition) is 0. The average Bonchev–Trinajstić information content (AvgIpc) is 2.74. The standard InChI is InChI=1S/C24H12Br6O3/c25-13-1-4-22(19(28)7-13)31-16-10-17(32-23-5-2-14(26)8-20(23)29)12-18(11-16)33-24-6-3-15(27)9-21(24)30/h1-12H. The van der Waals surface area contributed by atoms with Gasteiger partial charge in [0, 0.05) is 31.6 Å². The summed E-state index contributed by atoms with van der Waals surface area (Å²) in [5, 5.41) is 0. The van der Waals surface area contributed by atoms with E-state index >= 15 is 0 Å². The van der Waals surface area contributed by atoms with Crippen molar-refractivity contribution >= 4 is 95.6 Å². The molecule has 0 atom stereocenters. The van der Waals surface area contributed by atoms with Crippen LogP contribution in [0.4, 0.5) is 0 Å². The molecule has 0 amide bonds. The van der Waals surface area contributed by atoms with Crippen LogP contribution >= 0.6 is 95.6 Å². The summed E-state index contributed by atoms with van der Waals surface area (Å²) in [4.78, 5) is 0. The van der Waals surface area contributed by atoms with Crippen LogP contribution in [0.5, 0.6) is 34.5 Å². The fourth-order valence-electron chi connectivity index (χ4n) is 2.78. The second kappa shape index (κ2) is 11.3. The van der Waals surface area contributed by atoms with E-state index in [-0.39, 0.29) is 0 Å². The highest BCUT2D eigenvalue weighted by Gasteiger charge is 2.12. The van der Waals surface area contributed by atoms with Gasteiger partial charge >= 0.3 is 0 Å². The fraction of sp³-hybridized carbons (Fsp3) is 0. The highest BCUT2D eigenvalue weighted by atomic mass is 79.9. The van der Waals surface area contributed by atoms with E-state index in [9.17, 15) is 0 Å². The predicted octanol–water partition coefficient (Wildman–Crippen LogP) is 11.6. The van der Waals surface area contributed by atoms with Crippen LogP contribution in [0.25, 0.3) is 0 Å². The SMILES string of the molecule is Brc1ccc(Oc2cc(Oc3ccc(Br)cc3Br)cc(Oc3ccc(Br)cc3Br)c2)c(Br)c1. The molecule has 0 fully saturated rings. The molecule has 0 aliphatic rings. The lowest BCUT2D eigenvalue weighted by Crippen LogP contribution is -1.92. The fourth-order valence-corrected chi connectivity index (χ4v) is 6.16. The summed E-state index contributed by atoms with van der Waals surface area (Å²) in [6.07, 6.45) is 0. The van der Waals surface area contributed by atoms with E-state index in [4.69, 9.17) is 14.2 Å². The van der Waals surface area contributed by atoms with Crippen molar-refractivity contribution in [1.29, 1.82) is 0 Å². The number of ether oxygens (including phenoxy) is 3. The Morgan fingerprint density at radius 2 is 0.636 bits per heavy atom. The number of rotatable bonds is 6. The highest BCUT2D eigenvalue weighted by Crippen LogP contribution is 2.40. The summed E-state index contributed by atoms with van der Waals surface area (Å²) in [5.74, 6) is 3.67. The van der Waals surface area contributed by atoms with Crippen LogP contribution in [-0.2, 0) is 0 Å². The molecule has 3 nitrogen and oxygen atoms in total. The van der Waals surface area contributed by atoms with Gasteiger partial charge in [-0.25, -0.2) is 0 Å². The van der Waals surface area contributed by atoms with Crippen LogP contribution in [-0.4, -0.2) is 0 Å². The summed E-state index contributed by atoms with van der Waals surface area (Å²) in [7, 11) is 0. The van der Waals surface area contributed by atoms with Gasteiger partial charge in [-0.3, -0.25) is 0 Å². The first-order chi connectivity index (χ1) is 15.8. The van der Waals surface area contributed by atoms with Crippen molar-refractivity contribution in [3.05, 3.63) is 99.6 Å². The third-order valence-corrected chi connectivity index (χ3v) is 7.56. The van der Waals surface area contributed by atoms with Gasteiger partial charge in [0.15, 0.2) is 0 Å². The monoisotopic (exact) mass is 822 g/mol. The van der Waals surface area contributed by atoms with Gasteiger partial charge in [-0.15, -0.1) is 0 Å².